The third-order valence-electron chi connectivity index (χ3n) is 2.98. The SMILES string of the molecule is COCCCN(C)C(=O)NCCNC(=O)c1ccc(Cl)cc1. The summed E-state index contributed by atoms with van der Waals surface area (Å²) in [6, 6.07) is 6.46. The summed E-state index contributed by atoms with van der Waals surface area (Å²) in [5, 5.41) is 6.05. The average Bonchev–Trinajstić information content (AvgIpc) is 2.51. The van der Waals surface area contributed by atoms with E-state index < -0.39 is 0 Å². The number of nitrogens with zero attached hydrogens (tertiary/aromatic N) is 1. The fourth-order valence-electron chi connectivity index (χ4n) is 1.73. The highest BCUT2D eigenvalue weighted by molar-refractivity contribution is 6.30. The van der Waals surface area contributed by atoms with Crippen LogP contribution in [0.3, 0.4) is 0 Å². The molecule has 0 aromatic heterocycles. The van der Waals surface area contributed by atoms with Crippen molar-refractivity contribution in [3.63, 3.8) is 0 Å². The summed E-state index contributed by atoms with van der Waals surface area (Å²) in [4.78, 5) is 25.1. The van der Waals surface area contributed by atoms with Gasteiger partial charge in [0.25, 0.3) is 5.91 Å². The lowest BCUT2D eigenvalue weighted by molar-refractivity contribution is 0.0953. The summed E-state index contributed by atoms with van der Waals surface area (Å²) in [7, 11) is 3.35. The van der Waals surface area contributed by atoms with Crippen LogP contribution in [-0.2, 0) is 4.74 Å². The lowest BCUT2D eigenvalue weighted by Gasteiger charge is -2.17. The molecule has 0 radical (unpaired) electrons. The van der Waals surface area contributed by atoms with Crippen LogP contribution in [0.15, 0.2) is 24.3 Å². The van der Waals surface area contributed by atoms with Crippen molar-refractivity contribution in [3.8, 4) is 0 Å². The Morgan fingerprint density at radius 3 is 2.45 bits per heavy atom. The molecule has 0 fully saturated rings. The molecule has 0 saturated carbocycles. The van der Waals surface area contributed by atoms with Crippen LogP contribution in [0.2, 0.25) is 5.02 Å². The molecule has 0 spiro atoms. The Bertz CT molecular complexity index is 479. The van der Waals surface area contributed by atoms with Crippen molar-refractivity contribution in [1.29, 1.82) is 0 Å². The van der Waals surface area contributed by atoms with Gasteiger partial charge in [0.15, 0.2) is 0 Å². The highest BCUT2D eigenvalue weighted by Gasteiger charge is 2.08. The van der Waals surface area contributed by atoms with E-state index in [0.29, 0.717) is 36.8 Å². The molecule has 1 aromatic carbocycles. The molecule has 6 nitrogen and oxygen atoms in total. The standard InChI is InChI=1S/C15H22ClN3O3/c1-19(10-3-11-22-2)15(21)18-9-8-17-14(20)12-4-6-13(16)7-5-12/h4-7H,3,8-11H2,1-2H3,(H,17,20)(H,18,21). The van der Waals surface area contributed by atoms with Crippen molar-refractivity contribution in [2.75, 3.05) is 40.4 Å². The molecule has 0 bridgehead atoms. The van der Waals surface area contributed by atoms with Crippen LogP contribution >= 0.6 is 11.6 Å². The van der Waals surface area contributed by atoms with Crippen molar-refractivity contribution >= 4 is 23.5 Å². The Kier molecular flexibility index (Phi) is 8.32. The maximum atomic E-state index is 11.8. The maximum Gasteiger partial charge on any atom is 0.317 e. The summed E-state index contributed by atoms with van der Waals surface area (Å²) in [6.45, 7) is 1.97. The van der Waals surface area contributed by atoms with E-state index in [0.717, 1.165) is 6.42 Å². The number of halogens is 1. The first-order chi connectivity index (χ1) is 10.5. The second kappa shape index (κ2) is 10.0. The molecule has 0 atom stereocenters. The summed E-state index contributed by atoms with van der Waals surface area (Å²) in [5.41, 5.74) is 0.535. The topological polar surface area (TPSA) is 70.7 Å². The molecule has 22 heavy (non-hydrogen) atoms. The number of methoxy groups -OCH3 is 1. The summed E-state index contributed by atoms with van der Waals surface area (Å²) in [5.74, 6) is -0.195. The minimum atomic E-state index is -0.195. The quantitative estimate of drug-likeness (QED) is 0.715. The number of ether oxygens (including phenoxy) is 1. The van der Waals surface area contributed by atoms with Crippen LogP contribution in [-0.4, -0.2) is 57.2 Å². The number of carbonyl (C=O) groups excluding carboxylic acids is 2. The zero-order valence-electron chi connectivity index (χ0n) is 12.9. The average molecular weight is 328 g/mol. The van der Waals surface area contributed by atoms with Gasteiger partial charge in [-0.25, -0.2) is 4.79 Å². The smallest absolute Gasteiger partial charge is 0.317 e. The van der Waals surface area contributed by atoms with Gasteiger partial charge in [-0.2, -0.15) is 0 Å². The molecule has 0 aliphatic heterocycles. The van der Waals surface area contributed by atoms with Gasteiger partial charge in [-0.1, -0.05) is 11.6 Å². The fraction of sp³-hybridized carbons (Fsp3) is 0.467. The van der Waals surface area contributed by atoms with E-state index in [-0.39, 0.29) is 11.9 Å². The van der Waals surface area contributed by atoms with Crippen molar-refractivity contribution in [2.24, 2.45) is 0 Å². The van der Waals surface area contributed by atoms with E-state index >= 15 is 0 Å². The van der Waals surface area contributed by atoms with Crippen LogP contribution < -0.4 is 10.6 Å². The van der Waals surface area contributed by atoms with Gasteiger partial charge in [0.2, 0.25) is 0 Å². The summed E-state index contributed by atoms with van der Waals surface area (Å²) < 4.78 is 4.93. The van der Waals surface area contributed by atoms with E-state index in [1.165, 1.54) is 0 Å². The zero-order valence-corrected chi connectivity index (χ0v) is 13.7. The molecule has 1 aromatic rings. The number of hydrogen-bond acceptors (Lipinski definition) is 3. The number of hydrogen-bond donors (Lipinski definition) is 2. The lowest BCUT2D eigenvalue weighted by atomic mass is 10.2. The summed E-state index contributed by atoms with van der Waals surface area (Å²) in [6.07, 6.45) is 0.785. The minimum absolute atomic E-state index is 0.170. The molecular weight excluding hydrogens is 306 g/mol. The number of nitrogens with one attached hydrogen (secondary N) is 2. The van der Waals surface area contributed by atoms with Crippen molar-refractivity contribution < 1.29 is 14.3 Å². The largest absolute Gasteiger partial charge is 0.385 e. The van der Waals surface area contributed by atoms with Crippen LogP contribution in [0.25, 0.3) is 0 Å². The molecule has 0 aliphatic rings. The van der Waals surface area contributed by atoms with E-state index in [4.69, 9.17) is 16.3 Å². The van der Waals surface area contributed by atoms with E-state index in [1.54, 1.807) is 43.3 Å². The first-order valence-electron chi connectivity index (χ1n) is 7.06. The van der Waals surface area contributed by atoms with Crippen LogP contribution in [0.4, 0.5) is 4.79 Å². The van der Waals surface area contributed by atoms with Gasteiger partial charge < -0.3 is 20.3 Å². The van der Waals surface area contributed by atoms with Crippen LogP contribution in [0.5, 0.6) is 0 Å². The molecule has 0 aliphatic carbocycles. The minimum Gasteiger partial charge on any atom is -0.385 e. The van der Waals surface area contributed by atoms with Crippen molar-refractivity contribution in [1.82, 2.24) is 15.5 Å². The maximum absolute atomic E-state index is 11.8. The van der Waals surface area contributed by atoms with Crippen molar-refractivity contribution in [2.45, 2.75) is 6.42 Å². The fourth-order valence-corrected chi connectivity index (χ4v) is 1.86. The Balaban J connectivity index is 2.20. The van der Waals surface area contributed by atoms with E-state index in [2.05, 4.69) is 10.6 Å². The first kappa shape index (κ1) is 18.3. The van der Waals surface area contributed by atoms with Gasteiger partial charge in [-0.05, 0) is 30.7 Å². The molecule has 0 saturated heterocycles. The molecular formula is C15H22ClN3O3. The second-order valence-corrected chi connectivity index (χ2v) is 5.20. The molecule has 3 amide bonds. The Hall–Kier alpha value is -1.79. The predicted octanol–water partition coefficient (Wildman–Crippen LogP) is 1.75. The Morgan fingerprint density at radius 2 is 1.82 bits per heavy atom. The van der Waals surface area contributed by atoms with Gasteiger partial charge in [-0.15, -0.1) is 0 Å². The number of carbonyl (C=O) groups is 2. The highest BCUT2D eigenvalue weighted by Crippen LogP contribution is 2.09. The van der Waals surface area contributed by atoms with Gasteiger partial charge in [-0.3, -0.25) is 4.79 Å². The van der Waals surface area contributed by atoms with Gasteiger partial charge in [0, 0.05) is 51.0 Å². The Morgan fingerprint density at radius 1 is 1.18 bits per heavy atom. The van der Waals surface area contributed by atoms with E-state index in [1.807, 2.05) is 0 Å². The van der Waals surface area contributed by atoms with Crippen LogP contribution in [0, 0.1) is 0 Å². The normalized spacial score (nSPS) is 10.1. The lowest BCUT2D eigenvalue weighted by Crippen LogP contribution is -2.41. The van der Waals surface area contributed by atoms with Gasteiger partial charge >= 0.3 is 6.03 Å². The second-order valence-electron chi connectivity index (χ2n) is 4.76. The Labute approximate surface area is 135 Å². The first-order valence-corrected chi connectivity index (χ1v) is 7.44. The van der Waals surface area contributed by atoms with E-state index in [9.17, 15) is 9.59 Å². The number of amides is 3. The number of rotatable bonds is 8. The van der Waals surface area contributed by atoms with Crippen LogP contribution in [0.1, 0.15) is 16.8 Å². The third-order valence-corrected chi connectivity index (χ3v) is 3.23. The molecule has 122 valence electrons. The highest BCUT2D eigenvalue weighted by atomic mass is 35.5. The van der Waals surface area contributed by atoms with Gasteiger partial charge in [0.05, 0.1) is 0 Å². The molecule has 1 rings (SSSR count). The number of urea groups is 1. The van der Waals surface area contributed by atoms with Crippen molar-refractivity contribution in [3.05, 3.63) is 34.9 Å². The third kappa shape index (κ3) is 6.78. The van der Waals surface area contributed by atoms with Gasteiger partial charge in [0.1, 0.15) is 0 Å². The summed E-state index contributed by atoms with van der Waals surface area (Å²) >= 11 is 5.76. The monoisotopic (exact) mass is 327 g/mol. The zero-order chi connectivity index (χ0) is 16.4. The predicted molar refractivity (Wildman–Crippen MR) is 86.3 cm³/mol. The molecule has 0 heterocycles. The number of benzene rings is 1. The molecule has 0 unspecified atom stereocenters. The molecule has 7 heteroatoms. The molecule has 2 N–H and O–H groups in total.